The van der Waals surface area contributed by atoms with Gasteiger partial charge < -0.3 is 0 Å². The van der Waals surface area contributed by atoms with E-state index < -0.39 is 0 Å². The van der Waals surface area contributed by atoms with Gasteiger partial charge in [0.15, 0.2) is 0 Å². The lowest BCUT2D eigenvalue weighted by atomic mass is 9.80. The topological polar surface area (TPSA) is 0 Å². The first kappa shape index (κ1) is 21.4. The van der Waals surface area contributed by atoms with Crippen molar-refractivity contribution in [2.75, 3.05) is 0 Å². The Bertz CT molecular complexity index is 1020. The summed E-state index contributed by atoms with van der Waals surface area (Å²) in [6.07, 6.45) is 0.978. The molecule has 0 spiro atoms. The lowest BCUT2D eigenvalue weighted by Crippen LogP contribution is -2.05. The minimum atomic E-state index is 0.395. The molecule has 0 radical (unpaired) electrons. The van der Waals surface area contributed by atoms with Crippen molar-refractivity contribution in [3.63, 3.8) is 0 Å². The molecule has 0 nitrogen and oxygen atoms in total. The summed E-state index contributed by atoms with van der Waals surface area (Å²) in [7, 11) is 0. The van der Waals surface area contributed by atoms with Gasteiger partial charge in [-0.2, -0.15) is 0 Å². The van der Waals surface area contributed by atoms with Gasteiger partial charge >= 0.3 is 0 Å². The van der Waals surface area contributed by atoms with Crippen LogP contribution in [0.5, 0.6) is 0 Å². The highest BCUT2D eigenvalue weighted by molar-refractivity contribution is 6.07. The molecule has 1 aliphatic carbocycles. The average Bonchev–Trinajstić information content (AvgIpc) is 2.96. The maximum Gasteiger partial charge on any atom is 0.00386 e. The van der Waals surface area contributed by atoms with E-state index in [0.29, 0.717) is 5.92 Å². The molecule has 1 atom stereocenters. The van der Waals surface area contributed by atoms with E-state index in [2.05, 4.69) is 93.2 Å². The Labute approximate surface area is 178 Å². The third-order valence-electron chi connectivity index (χ3n) is 7.39. The zero-order valence-electron chi connectivity index (χ0n) is 19.8. The van der Waals surface area contributed by atoms with Crippen LogP contribution in [0.15, 0.2) is 47.6 Å². The normalized spacial score (nSPS) is 16.8. The summed E-state index contributed by atoms with van der Waals surface area (Å²) in [6, 6.07) is 9.06. The Morgan fingerprint density at radius 2 is 1.28 bits per heavy atom. The fourth-order valence-electron chi connectivity index (χ4n) is 4.88. The Hall–Kier alpha value is -2.34. The standard InChI is InChI=1S/C29H36/c1-11-17(3)26-23(9)24(10)28(25-14-12-16(2)13-15-25)29(26)27-21(7)19(5)18(4)20(6)22(27)8/h12-15,24H,3,11H2,1-2,4-10H3. The Balaban J connectivity index is 2.47. The Morgan fingerprint density at radius 1 is 0.793 bits per heavy atom. The minimum Gasteiger partial charge on any atom is -0.0952 e. The highest BCUT2D eigenvalue weighted by Crippen LogP contribution is 2.51. The van der Waals surface area contributed by atoms with E-state index in [1.807, 2.05) is 0 Å². The molecule has 0 heterocycles. The predicted octanol–water partition coefficient (Wildman–Crippen LogP) is 8.38. The lowest BCUT2D eigenvalue weighted by Gasteiger charge is -2.24. The molecule has 1 aliphatic rings. The highest BCUT2D eigenvalue weighted by Gasteiger charge is 2.33. The first-order valence-electron chi connectivity index (χ1n) is 10.9. The van der Waals surface area contributed by atoms with Gasteiger partial charge in [0, 0.05) is 5.92 Å². The van der Waals surface area contributed by atoms with E-state index in [4.69, 9.17) is 0 Å². The first-order valence-corrected chi connectivity index (χ1v) is 10.9. The van der Waals surface area contributed by atoms with Crippen LogP contribution in [0.3, 0.4) is 0 Å². The van der Waals surface area contributed by atoms with Crippen LogP contribution in [0.25, 0.3) is 11.1 Å². The maximum atomic E-state index is 4.49. The van der Waals surface area contributed by atoms with Crippen molar-refractivity contribution >= 4 is 11.1 Å². The molecule has 152 valence electrons. The van der Waals surface area contributed by atoms with E-state index in [9.17, 15) is 0 Å². The van der Waals surface area contributed by atoms with Crippen molar-refractivity contribution in [1.82, 2.24) is 0 Å². The van der Waals surface area contributed by atoms with Crippen LogP contribution in [0.4, 0.5) is 0 Å². The predicted molar refractivity (Wildman–Crippen MR) is 129 cm³/mol. The number of aryl methyl sites for hydroxylation is 1. The second-order valence-electron chi connectivity index (χ2n) is 8.89. The number of allylic oxidation sites excluding steroid dienone is 5. The summed E-state index contributed by atoms with van der Waals surface area (Å²) in [5.41, 5.74) is 18.1. The van der Waals surface area contributed by atoms with Crippen LogP contribution in [0, 0.1) is 47.5 Å². The van der Waals surface area contributed by atoms with Gasteiger partial charge in [0.05, 0.1) is 0 Å². The molecule has 2 aromatic carbocycles. The Kier molecular flexibility index (Phi) is 5.77. The molecule has 0 saturated heterocycles. The molecular weight excluding hydrogens is 348 g/mol. The summed E-state index contributed by atoms with van der Waals surface area (Å²) >= 11 is 0. The van der Waals surface area contributed by atoms with E-state index in [1.54, 1.807) is 0 Å². The molecule has 0 aromatic heterocycles. The smallest absolute Gasteiger partial charge is 0.00386 e. The quantitative estimate of drug-likeness (QED) is 0.496. The molecule has 1 unspecified atom stereocenters. The van der Waals surface area contributed by atoms with Crippen molar-refractivity contribution in [1.29, 1.82) is 0 Å². The van der Waals surface area contributed by atoms with Gasteiger partial charge in [0.2, 0.25) is 0 Å². The third-order valence-corrected chi connectivity index (χ3v) is 7.39. The maximum absolute atomic E-state index is 4.49. The monoisotopic (exact) mass is 384 g/mol. The third kappa shape index (κ3) is 3.33. The van der Waals surface area contributed by atoms with Crippen molar-refractivity contribution in [3.05, 3.63) is 92.1 Å². The number of rotatable bonds is 4. The zero-order chi connectivity index (χ0) is 21.6. The van der Waals surface area contributed by atoms with Crippen molar-refractivity contribution in [2.45, 2.75) is 68.7 Å². The van der Waals surface area contributed by atoms with Gasteiger partial charge in [-0.15, -0.1) is 0 Å². The Morgan fingerprint density at radius 3 is 1.76 bits per heavy atom. The molecule has 0 N–H and O–H groups in total. The molecule has 0 aliphatic heterocycles. The van der Waals surface area contributed by atoms with Gasteiger partial charge in [-0.05, 0) is 116 Å². The molecule has 0 amide bonds. The lowest BCUT2D eigenvalue weighted by molar-refractivity contribution is 0.893. The summed E-state index contributed by atoms with van der Waals surface area (Å²) in [6.45, 7) is 24.9. The molecule has 0 bridgehead atoms. The molecule has 2 aromatic rings. The summed E-state index contributed by atoms with van der Waals surface area (Å²) in [5, 5.41) is 0. The van der Waals surface area contributed by atoms with Gasteiger partial charge in [0.25, 0.3) is 0 Å². The molecule has 29 heavy (non-hydrogen) atoms. The SMILES string of the molecule is C=C(CC)C1=C(C)C(C)C(c2ccc(C)cc2)=C1c1c(C)c(C)c(C)c(C)c1C. The van der Waals surface area contributed by atoms with Crippen LogP contribution in [0.2, 0.25) is 0 Å². The van der Waals surface area contributed by atoms with Crippen molar-refractivity contribution in [2.24, 2.45) is 5.92 Å². The fourth-order valence-corrected chi connectivity index (χ4v) is 4.88. The summed E-state index contributed by atoms with van der Waals surface area (Å²) < 4.78 is 0. The van der Waals surface area contributed by atoms with Crippen molar-refractivity contribution in [3.8, 4) is 0 Å². The van der Waals surface area contributed by atoms with E-state index >= 15 is 0 Å². The van der Waals surface area contributed by atoms with E-state index in [0.717, 1.165) is 6.42 Å². The molecular formula is C29H36. The number of benzene rings is 2. The summed E-state index contributed by atoms with van der Waals surface area (Å²) in [5.74, 6) is 0.395. The van der Waals surface area contributed by atoms with Gasteiger partial charge in [-0.1, -0.05) is 55.8 Å². The fraction of sp³-hybridized carbons (Fsp3) is 0.379. The average molecular weight is 385 g/mol. The highest BCUT2D eigenvalue weighted by atomic mass is 14.4. The first-order chi connectivity index (χ1) is 13.6. The van der Waals surface area contributed by atoms with Crippen LogP contribution in [-0.4, -0.2) is 0 Å². The minimum absolute atomic E-state index is 0.395. The van der Waals surface area contributed by atoms with Crippen LogP contribution >= 0.6 is 0 Å². The van der Waals surface area contributed by atoms with Crippen LogP contribution in [-0.2, 0) is 0 Å². The number of hydrogen-bond donors (Lipinski definition) is 0. The van der Waals surface area contributed by atoms with Gasteiger partial charge in [0.1, 0.15) is 0 Å². The largest absolute Gasteiger partial charge is 0.0952 e. The second-order valence-corrected chi connectivity index (χ2v) is 8.89. The molecule has 0 saturated carbocycles. The van der Waals surface area contributed by atoms with Crippen molar-refractivity contribution < 1.29 is 0 Å². The molecule has 0 fully saturated rings. The van der Waals surface area contributed by atoms with E-state index in [-0.39, 0.29) is 0 Å². The zero-order valence-corrected chi connectivity index (χ0v) is 19.8. The summed E-state index contributed by atoms with van der Waals surface area (Å²) in [4.78, 5) is 0. The van der Waals surface area contributed by atoms with Gasteiger partial charge in [-0.3, -0.25) is 0 Å². The van der Waals surface area contributed by atoms with Crippen LogP contribution < -0.4 is 0 Å². The second kappa shape index (κ2) is 7.82. The van der Waals surface area contributed by atoms with Crippen LogP contribution in [0.1, 0.15) is 71.7 Å². The number of hydrogen-bond acceptors (Lipinski definition) is 0. The van der Waals surface area contributed by atoms with E-state index in [1.165, 1.54) is 72.4 Å². The molecule has 0 heteroatoms. The van der Waals surface area contributed by atoms with Gasteiger partial charge in [-0.25, -0.2) is 0 Å². The molecule has 3 rings (SSSR count).